The van der Waals surface area contributed by atoms with Crippen LogP contribution in [-0.4, -0.2) is 86.2 Å². The van der Waals surface area contributed by atoms with Gasteiger partial charge in [0.15, 0.2) is 0 Å². The minimum Gasteiger partial charge on any atom is -0.445 e. The summed E-state index contributed by atoms with van der Waals surface area (Å²) in [5, 5.41) is 17.0. The Morgan fingerprint density at radius 3 is 1.28 bits per heavy atom. The molecule has 0 saturated carbocycles. The maximum atomic E-state index is 14.3. The van der Waals surface area contributed by atoms with E-state index in [0.717, 1.165) is 48.8 Å². The molecule has 16 heteroatoms. The summed E-state index contributed by atoms with van der Waals surface area (Å²) in [5.74, 6) is -1.89. The lowest BCUT2D eigenvalue weighted by atomic mass is 10.0. The number of ether oxygens (including phenoxy) is 2. The lowest BCUT2D eigenvalue weighted by molar-refractivity contribution is -0.132. The van der Waals surface area contributed by atoms with Crippen molar-refractivity contribution in [3.05, 3.63) is 108 Å². The van der Waals surface area contributed by atoms with Gasteiger partial charge in [0.2, 0.25) is 23.6 Å². The van der Waals surface area contributed by atoms with Crippen LogP contribution in [0.2, 0.25) is 0 Å². The quantitative estimate of drug-likeness (QED) is 0.0334. The predicted octanol–water partition coefficient (Wildman–Crippen LogP) is 5.81. The van der Waals surface area contributed by atoms with E-state index in [2.05, 4.69) is 38.8 Å². The van der Waals surface area contributed by atoms with Gasteiger partial charge >= 0.3 is 12.2 Å². The van der Waals surface area contributed by atoms with Crippen LogP contribution in [0, 0.1) is 0 Å². The number of benzene rings is 3. The molecular weight excluding hydrogens is 853 g/mol. The molecule has 0 fully saturated rings. The second-order valence-corrected chi connectivity index (χ2v) is 16.7. The van der Waals surface area contributed by atoms with E-state index in [0.29, 0.717) is 64.6 Å². The number of alkyl carbamates (subject to hydrolysis) is 2. The average molecular weight is 929 g/mol. The molecule has 3 aromatic rings. The van der Waals surface area contributed by atoms with Crippen LogP contribution in [0.5, 0.6) is 0 Å². The minimum atomic E-state index is -1.11. The van der Waals surface area contributed by atoms with Crippen molar-refractivity contribution in [2.45, 2.75) is 147 Å². The molecule has 6 amide bonds. The normalized spacial score (nSPS) is 12.6. The van der Waals surface area contributed by atoms with Crippen molar-refractivity contribution in [1.82, 2.24) is 31.9 Å². The van der Waals surface area contributed by atoms with Crippen LogP contribution in [0.15, 0.2) is 91.0 Å². The molecule has 4 atom stereocenters. The van der Waals surface area contributed by atoms with E-state index >= 15 is 0 Å². The molecule has 0 aliphatic carbocycles. The van der Waals surface area contributed by atoms with Crippen molar-refractivity contribution < 1.29 is 38.2 Å². The number of unbranched alkanes of at least 4 members (excludes halogenated alkanes) is 8. The van der Waals surface area contributed by atoms with Crippen molar-refractivity contribution in [3.63, 3.8) is 0 Å². The number of hydrogen-bond acceptors (Lipinski definition) is 10. The molecule has 0 unspecified atom stereocenters. The van der Waals surface area contributed by atoms with Gasteiger partial charge in [-0.25, -0.2) is 9.59 Å². The molecular formula is C51H76N8O8. The lowest BCUT2D eigenvalue weighted by Gasteiger charge is -2.26. The zero-order valence-corrected chi connectivity index (χ0v) is 39.4. The molecule has 0 aliphatic heterocycles. The van der Waals surface area contributed by atoms with Gasteiger partial charge in [-0.05, 0) is 94.0 Å². The maximum absolute atomic E-state index is 14.3. The van der Waals surface area contributed by atoms with Gasteiger partial charge in [-0.1, -0.05) is 130 Å². The zero-order chi connectivity index (χ0) is 48.3. The summed E-state index contributed by atoms with van der Waals surface area (Å²) in [7, 11) is 0. The molecule has 10 N–H and O–H groups in total. The van der Waals surface area contributed by atoms with Gasteiger partial charge in [0.05, 0.1) is 0 Å². The number of carbonyl (C=O) groups excluding carboxylic acids is 6. The maximum Gasteiger partial charge on any atom is 0.408 e. The number of nitrogens with two attached hydrogens (primary N) is 2. The standard InChI is InChI=1S/C51H76N8O8/c1-2-3-4-5-6-21-34-55-47(61)45(36-39-23-10-7-11-24-39)57-48(62)43(56-49(63)44(30-17-20-33-53)59-51(65)67-38-41-27-14-9-15-28-41)31-18-22-35-54-46(60)42(29-16-19-32-52)58-50(64)66-37-40-25-12-8-13-26-40/h7-15,23-28,42-45H,2-6,16-22,29-38,52-53H2,1H3,(H,54,60)(H,55,61)(H,56,63)(H,57,62)(H,58,64)(H,59,65)/t42-,43-,44-,45-/m0/s1. The average Bonchev–Trinajstić information content (AvgIpc) is 3.34. The highest BCUT2D eigenvalue weighted by atomic mass is 16.6. The fraction of sp³-hybridized carbons (Fsp3) is 0.529. The summed E-state index contributed by atoms with van der Waals surface area (Å²) >= 11 is 0. The lowest BCUT2D eigenvalue weighted by Crippen LogP contribution is -2.57. The first-order valence-electron chi connectivity index (χ1n) is 24.2. The summed E-state index contributed by atoms with van der Waals surface area (Å²) in [5.41, 5.74) is 13.9. The van der Waals surface area contributed by atoms with Crippen LogP contribution in [0.25, 0.3) is 0 Å². The molecule has 0 aliphatic rings. The number of nitrogens with one attached hydrogen (secondary N) is 6. The molecule has 0 aromatic heterocycles. The summed E-state index contributed by atoms with van der Waals surface area (Å²) in [6.07, 6.45) is 8.99. The molecule has 16 nitrogen and oxygen atoms in total. The molecule has 3 rings (SSSR count). The predicted molar refractivity (Wildman–Crippen MR) is 260 cm³/mol. The highest BCUT2D eigenvalue weighted by molar-refractivity contribution is 5.94. The van der Waals surface area contributed by atoms with Crippen LogP contribution < -0.4 is 43.4 Å². The van der Waals surface area contributed by atoms with Crippen molar-refractivity contribution >= 4 is 35.8 Å². The Kier molecular flexibility index (Phi) is 28.3. The number of amides is 6. The second kappa shape index (κ2) is 34.3. The van der Waals surface area contributed by atoms with Gasteiger partial charge in [0.25, 0.3) is 0 Å². The molecule has 67 heavy (non-hydrogen) atoms. The van der Waals surface area contributed by atoms with E-state index in [1.54, 1.807) is 0 Å². The third-order valence-corrected chi connectivity index (χ3v) is 11.1. The highest BCUT2D eigenvalue weighted by Gasteiger charge is 2.30. The SMILES string of the molecule is CCCCCCCCNC(=O)[C@H](Cc1ccccc1)NC(=O)[C@H](CCCCNC(=O)[C@H](CCCCN)NC(=O)OCc1ccccc1)NC(=O)[C@H](CCCCN)NC(=O)OCc1ccccc1. The fourth-order valence-electron chi connectivity index (χ4n) is 7.26. The first-order chi connectivity index (χ1) is 32.6. The molecule has 3 aromatic carbocycles. The number of hydrogen-bond donors (Lipinski definition) is 8. The van der Waals surface area contributed by atoms with E-state index in [1.165, 1.54) is 6.42 Å². The van der Waals surface area contributed by atoms with Crippen LogP contribution >= 0.6 is 0 Å². The molecule has 0 saturated heterocycles. The Balaban J connectivity index is 1.73. The monoisotopic (exact) mass is 929 g/mol. The highest BCUT2D eigenvalue weighted by Crippen LogP contribution is 2.11. The van der Waals surface area contributed by atoms with Crippen molar-refractivity contribution in [2.24, 2.45) is 11.5 Å². The van der Waals surface area contributed by atoms with Crippen molar-refractivity contribution in [2.75, 3.05) is 26.2 Å². The van der Waals surface area contributed by atoms with Gasteiger partial charge in [0.1, 0.15) is 37.4 Å². The first-order valence-corrected chi connectivity index (χ1v) is 24.2. The molecule has 368 valence electrons. The Labute approximate surface area is 397 Å². The molecule has 0 bridgehead atoms. The topological polar surface area (TPSA) is 245 Å². The van der Waals surface area contributed by atoms with Crippen LogP contribution in [-0.2, 0) is 48.3 Å². The first kappa shape index (κ1) is 55.3. The van der Waals surface area contributed by atoms with Crippen LogP contribution in [0.1, 0.15) is 120 Å². The van der Waals surface area contributed by atoms with Gasteiger partial charge in [-0.3, -0.25) is 19.2 Å². The molecule has 0 spiro atoms. The Morgan fingerprint density at radius 1 is 0.433 bits per heavy atom. The largest absolute Gasteiger partial charge is 0.445 e. The Morgan fingerprint density at radius 2 is 0.806 bits per heavy atom. The summed E-state index contributed by atoms with van der Waals surface area (Å²) in [6, 6.07) is 23.8. The van der Waals surface area contributed by atoms with Gasteiger partial charge in [-0.15, -0.1) is 0 Å². The third kappa shape index (κ3) is 24.4. The summed E-state index contributed by atoms with van der Waals surface area (Å²) in [4.78, 5) is 81.1. The van der Waals surface area contributed by atoms with E-state index in [9.17, 15) is 28.8 Å². The van der Waals surface area contributed by atoms with E-state index in [1.807, 2.05) is 91.0 Å². The third-order valence-electron chi connectivity index (χ3n) is 11.1. The Hall–Kier alpha value is -6.00. The van der Waals surface area contributed by atoms with Crippen LogP contribution in [0.3, 0.4) is 0 Å². The zero-order valence-electron chi connectivity index (χ0n) is 39.4. The minimum absolute atomic E-state index is 0.00202. The summed E-state index contributed by atoms with van der Waals surface area (Å²) < 4.78 is 10.8. The van der Waals surface area contributed by atoms with Crippen molar-refractivity contribution in [3.8, 4) is 0 Å². The molecule has 0 heterocycles. The Bertz CT molecular complexity index is 1860. The summed E-state index contributed by atoms with van der Waals surface area (Å²) in [6.45, 7) is 3.72. The number of rotatable bonds is 34. The van der Waals surface area contributed by atoms with Crippen molar-refractivity contribution in [1.29, 1.82) is 0 Å². The van der Waals surface area contributed by atoms with Gasteiger partial charge in [0, 0.05) is 19.5 Å². The van der Waals surface area contributed by atoms with Gasteiger partial charge < -0.3 is 52.8 Å². The van der Waals surface area contributed by atoms with Crippen LogP contribution in [0.4, 0.5) is 9.59 Å². The second-order valence-electron chi connectivity index (χ2n) is 16.7. The number of carbonyl (C=O) groups is 6. The van der Waals surface area contributed by atoms with E-state index < -0.39 is 54.1 Å². The fourth-order valence-corrected chi connectivity index (χ4v) is 7.26. The van der Waals surface area contributed by atoms with E-state index in [-0.39, 0.29) is 44.9 Å². The van der Waals surface area contributed by atoms with E-state index in [4.69, 9.17) is 20.9 Å². The smallest absolute Gasteiger partial charge is 0.408 e. The van der Waals surface area contributed by atoms with Gasteiger partial charge in [-0.2, -0.15) is 0 Å². The molecule has 0 radical (unpaired) electrons.